The van der Waals surface area contributed by atoms with E-state index in [0.717, 1.165) is 12.3 Å². The molecule has 0 spiro atoms. The van der Waals surface area contributed by atoms with Crippen LogP contribution in [0, 0.1) is 5.92 Å². The molecule has 1 rings (SSSR count). The van der Waals surface area contributed by atoms with Gasteiger partial charge >= 0.3 is 0 Å². The summed E-state index contributed by atoms with van der Waals surface area (Å²) in [6.07, 6.45) is 9.04. The van der Waals surface area contributed by atoms with Gasteiger partial charge in [-0.3, -0.25) is 9.59 Å². The second-order valence-corrected chi connectivity index (χ2v) is 4.98. The average Bonchev–Trinajstić information content (AvgIpc) is 2.42. The smallest absolute Gasteiger partial charge is 0.239 e. The van der Waals surface area contributed by atoms with E-state index in [0.29, 0.717) is 6.54 Å². The molecule has 1 fully saturated rings. The predicted molar refractivity (Wildman–Crippen MR) is 78.1 cm³/mol. The molecule has 1 saturated carbocycles. The molecule has 4 N–H and O–H groups in total. The molecular formula is C13H26ClN3O2. The fourth-order valence-corrected chi connectivity index (χ4v) is 2.41. The summed E-state index contributed by atoms with van der Waals surface area (Å²) >= 11 is 0. The Kier molecular flexibility index (Phi) is 10.6. The maximum Gasteiger partial charge on any atom is 0.239 e. The molecule has 1 aliphatic rings. The van der Waals surface area contributed by atoms with E-state index in [-0.39, 0.29) is 37.3 Å². The summed E-state index contributed by atoms with van der Waals surface area (Å²) in [5.74, 6) is 0.417. The number of hydrogen-bond acceptors (Lipinski definition) is 3. The molecule has 0 aromatic heterocycles. The summed E-state index contributed by atoms with van der Waals surface area (Å²) in [5, 5.41) is 5.25. The minimum absolute atomic E-state index is 0. The SMILES string of the molecule is Cl.NCC(=O)NCC(=O)NCCCC1CCCCC1. The number of carbonyl (C=O) groups is 2. The minimum atomic E-state index is -0.299. The van der Waals surface area contributed by atoms with Crippen LogP contribution in [0.1, 0.15) is 44.9 Å². The molecule has 5 nitrogen and oxygen atoms in total. The van der Waals surface area contributed by atoms with Crippen LogP contribution in [0.25, 0.3) is 0 Å². The van der Waals surface area contributed by atoms with Crippen molar-refractivity contribution in [2.45, 2.75) is 44.9 Å². The van der Waals surface area contributed by atoms with Gasteiger partial charge in [0.2, 0.25) is 11.8 Å². The Morgan fingerprint density at radius 1 is 1.05 bits per heavy atom. The maximum atomic E-state index is 11.3. The van der Waals surface area contributed by atoms with Crippen molar-refractivity contribution in [2.24, 2.45) is 11.7 Å². The van der Waals surface area contributed by atoms with Crippen molar-refractivity contribution in [1.29, 1.82) is 0 Å². The molecule has 19 heavy (non-hydrogen) atoms. The molecule has 2 amide bonds. The highest BCUT2D eigenvalue weighted by Gasteiger charge is 2.12. The quantitative estimate of drug-likeness (QED) is 0.611. The third-order valence-corrected chi connectivity index (χ3v) is 3.47. The first-order chi connectivity index (χ1) is 8.72. The highest BCUT2D eigenvalue weighted by atomic mass is 35.5. The molecule has 0 bridgehead atoms. The lowest BCUT2D eigenvalue weighted by Gasteiger charge is -2.21. The van der Waals surface area contributed by atoms with Crippen LogP contribution in [-0.4, -0.2) is 31.4 Å². The number of carbonyl (C=O) groups excluding carboxylic acids is 2. The Balaban J connectivity index is 0.00000324. The van der Waals surface area contributed by atoms with Crippen LogP contribution in [0.3, 0.4) is 0 Å². The number of hydrogen-bond donors (Lipinski definition) is 3. The van der Waals surface area contributed by atoms with Gasteiger partial charge in [-0.1, -0.05) is 32.1 Å². The summed E-state index contributed by atoms with van der Waals surface area (Å²) in [4.78, 5) is 22.2. The first kappa shape index (κ1) is 18.2. The third kappa shape index (κ3) is 8.83. The van der Waals surface area contributed by atoms with Crippen molar-refractivity contribution in [1.82, 2.24) is 10.6 Å². The van der Waals surface area contributed by atoms with E-state index in [4.69, 9.17) is 5.73 Å². The fourth-order valence-electron chi connectivity index (χ4n) is 2.41. The van der Waals surface area contributed by atoms with E-state index in [1.165, 1.54) is 38.5 Å². The normalized spacial score (nSPS) is 15.4. The van der Waals surface area contributed by atoms with Crippen molar-refractivity contribution in [3.05, 3.63) is 0 Å². The summed E-state index contributed by atoms with van der Waals surface area (Å²) in [6, 6.07) is 0. The minimum Gasteiger partial charge on any atom is -0.355 e. The van der Waals surface area contributed by atoms with Crippen LogP contribution in [0.2, 0.25) is 0 Å². The van der Waals surface area contributed by atoms with E-state index < -0.39 is 0 Å². The molecule has 6 heteroatoms. The van der Waals surface area contributed by atoms with Crippen LogP contribution in [0.5, 0.6) is 0 Å². The Morgan fingerprint density at radius 3 is 2.37 bits per heavy atom. The lowest BCUT2D eigenvalue weighted by molar-refractivity contribution is -0.125. The summed E-state index contributed by atoms with van der Waals surface area (Å²) in [6.45, 7) is 0.655. The van der Waals surface area contributed by atoms with Gasteiger partial charge in [0, 0.05) is 6.54 Å². The van der Waals surface area contributed by atoms with Crippen molar-refractivity contribution >= 4 is 24.2 Å². The van der Waals surface area contributed by atoms with Gasteiger partial charge in [0.15, 0.2) is 0 Å². The lowest BCUT2D eigenvalue weighted by atomic mass is 9.86. The molecule has 0 saturated heterocycles. The zero-order valence-corrected chi connectivity index (χ0v) is 12.3. The van der Waals surface area contributed by atoms with E-state index >= 15 is 0 Å². The van der Waals surface area contributed by atoms with Crippen molar-refractivity contribution in [2.75, 3.05) is 19.6 Å². The Hall–Kier alpha value is -0.810. The highest BCUT2D eigenvalue weighted by Crippen LogP contribution is 2.26. The molecule has 112 valence electrons. The highest BCUT2D eigenvalue weighted by molar-refractivity contribution is 5.85. The summed E-state index contributed by atoms with van der Waals surface area (Å²) < 4.78 is 0. The van der Waals surface area contributed by atoms with Gasteiger partial charge < -0.3 is 16.4 Å². The van der Waals surface area contributed by atoms with Gasteiger partial charge in [-0.25, -0.2) is 0 Å². The molecule has 0 atom stereocenters. The molecule has 0 radical (unpaired) electrons. The summed E-state index contributed by atoms with van der Waals surface area (Å²) in [5.41, 5.74) is 5.12. The number of rotatable bonds is 7. The number of nitrogens with one attached hydrogen (secondary N) is 2. The standard InChI is InChI=1S/C13H25N3O2.ClH/c14-9-12(17)16-10-13(18)15-8-4-7-11-5-2-1-3-6-11;/h11H,1-10,14H2,(H,15,18)(H,16,17);1H. The Labute approximate surface area is 121 Å². The topological polar surface area (TPSA) is 84.2 Å². The first-order valence-electron chi connectivity index (χ1n) is 6.96. The van der Waals surface area contributed by atoms with E-state index in [2.05, 4.69) is 10.6 Å². The van der Waals surface area contributed by atoms with Crippen molar-refractivity contribution < 1.29 is 9.59 Å². The maximum absolute atomic E-state index is 11.3. The molecule has 0 aliphatic heterocycles. The largest absolute Gasteiger partial charge is 0.355 e. The average molecular weight is 292 g/mol. The van der Waals surface area contributed by atoms with E-state index in [9.17, 15) is 9.59 Å². The zero-order valence-electron chi connectivity index (χ0n) is 11.5. The van der Waals surface area contributed by atoms with Crippen LogP contribution in [0.15, 0.2) is 0 Å². The Bertz CT molecular complexity index is 269. The molecule has 0 aromatic carbocycles. The Morgan fingerprint density at radius 2 is 1.74 bits per heavy atom. The molecular weight excluding hydrogens is 266 g/mol. The molecule has 1 aliphatic carbocycles. The fraction of sp³-hybridized carbons (Fsp3) is 0.846. The van der Waals surface area contributed by atoms with Gasteiger partial charge in [0.1, 0.15) is 0 Å². The van der Waals surface area contributed by atoms with Gasteiger partial charge in [-0.15, -0.1) is 12.4 Å². The second-order valence-electron chi connectivity index (χ2n) is 4.98. The van der Waals surface area contributed by atoms with Gasteiger partial charge in [-0.2, -0.15) is 0 Å². The predicted octanol–water partition coefficient (Wildman–Crippen LogP) is 0.960. The lowest BCUT2D eigenvalue weighted by Crippen LogP contribution is -2.39. The van der Waals surface area contributed by atoms with E-state index in [1.807, 2.05) is 0 Å². The van der Waals surface area contributed by atoms with Crippen LogP contribution in [0.4, 0.5) is 0 Å². The number of amides is 2. The van der Waals surface area contributed by atoms with Crippen LogP contribution in [-0.2, 0) is 9.59 Å². The van der Waals surface area contributed by atoms with Crippen molar-refractivity contribution in [3.63, 3.8) is 0 Å². The van der Waals surface area contributed by atoms with Crippen molar-refractivity contribution in [3.8, 4) is 0 Å². The number of nitrogens with two attached hydrogens (primary N) is 1. The monoisotopic (exact) mass is 291 g/mol. The van der Waals surface area contributed by atoms with Crippen LogP contribution < -0.4 is 16.4 Å². The van der Waals surface area contributed by atoms with Gasteiger partial charge in [0.05, 0.1) is 13.1 Å². The zero-order chi connectivity index (χ0) is 13.2. The van der Waals surface area contributed by atoms with E-state index in [1.54, 1.807) is 0 Å². The van der Waals surface area contributed by atoms with Gasteiger partial charge in [0.25, 0.3) is 0 Å². The molecule has 0 unspecified atom stereocenters. The molecule has 0 heterocycles. The third-order valence-electron chi connectivity index (χ3n) is 3.47. The second kappa shape index (κ2) is 11.1. The van der Waals surface area contributed by atoms with Gasteiger partial charge in [-0.05, 0) is 18.8 Å². The summed E-state index contributed by atoms with van der Waals surface area (Å²) in [7, 11) is 0. The van der Waals surface area contributed by atoms with Crippen LogP contribution >= 0.6 is 12.4 Å². The molecule has 0 aromatic rings. The first-order valence-corrected chi connectivity index (χ1v) is 6.96. The number of halogens is 1.